The molecule has 8 heteroatoms. The van der Waals surface area contributed by atoms with Gasteiger partial charge >= 0.3 is 7.60 Å². The number of ether oxygens (including phenoxy) is 3. The Morgan fingerprint density at radius 1 is 0.844 bits per heavy atom. The van der Waals surface area contributed by atoms with Crippen molar-refractivity contribution >= 4 is 13.3 Å². The fraction of sp³-hybridized carbons (Fsp3) is 0.500. The summed E-state index contributed by atoms with van der Waals surface area (Å²) < 4.78 is 42.6. The van der Waals surface area contributed by atoms with Crippen molar-refractivity contribution in [1.29, 1.82) is 0 Å². The van der Waals surface area contributed by atoms with Gasteiger partial charge in [-0.3, -0.25) is 4.57 Å². The van der Waals surface area contributed by atoms with Gasteiger partial charge in [0.05, 0.1) is 34.5 Å². The second-order valence-corrected chi connectivity index (χ2v) is 9.40. The molecule has 0 aliphatic rings. The van der Waals surface area contributed by atoms with Crippen LogP contribution in [-0.4, -0.2) is 34.5 Å². The van der Waals surface area contributed by atoms with Gasteiger partial charge in [0, 0.05) is 5.69 Å². The number of para-hydroxylation sites is 1. The van der Waals surface area contributed by atoms with Crippen LogP contribution in [-0.2, 0) is 13.6 Å². The van der Waals surface area contributed by atoms with Crippen LogP contribution in [0.4, 0.5) is 5.69 Å². The highest BCUT2D eigenvalue weighted by Crippen LogP contribution is 2.62. The number of hydrogen-bond acceptors (Lipinski definition) is 7. The van der Waals surface area contributed by atoms with Crippen molar-refractivity contribution in [3.05, 3.63) is 48.0 Å². The van der Waals surface area contributed by atoms with Crippen molar-refractivity contribution in [2.24, 2.45) is 0 Å². The molecule has 7 nitrogen and oxygen atoms in total. The summed E-state index contributed by atoms with van der Waals surface area (Å²) in [6.45, 7) is 4.81. The molecule has 0 aromatic heterocycles. The number of hydrogen-bond donors (Lipinski definition) is 1. The lowest BCUT2D eigenvalue weighted by Gasteiger charge is -2.29. The number of nitrogens with one attached hydrogen (secondary N) is 1. The molecule has 2 aromatic carbocycles. The highest BCUT2D eigenvalue weighted by Gasteiger charge is 2.38. The van der Waals surface area contributed by atoms with Crippen molar-refractivity contribution in [2.45, 2.75) is 45.3 Å². The highest BCUT2D eigenvalue weighted by molar-refractivity contribution is 7.54. The van der Waals surface area contributed by atoms with E-state index in [-0.39, 0.29) is 0 Å². The maximum Gasteiger partial charge on any atom is 0.357 e. The highest BCUT2D eigenvalue weighted by atomic mass is 31.2. The normalized spacial score (nSPS) is 12.3. The lowest BCUT2D eigenvalue weighted by atomic mass is 10.1. The zero-order valence-corrected chi connectivity index (χ0v) is 20.7. The molecule has 0 fully saturated rings. The zero-order chi connectivity index (χ0) is 23.4. The van der Waals surface area contributed by atoms with Gasteiger partial charge in [0.1, 0.15) is 0 Å². The average Bonchev–Trinajstić information content (AvgIpc) is 2.82. The van der Waals surface area contributed by atoms with Crippen LogP contribution in [0.25, 0.3) is 0 Å². The molecule has 0 aliphatic carbocycles. The maximum atomic E-state index is 14.2. The monoisotopic (exact) mass is 465 g/mol. The minimum atomic E-state index is -3.62. The molecule has 0 aliphatic heterocycles. The molecule has 0 spiro atoms. The third-order valence-corrected chi connectivity index (χ3v) is 7.08. The Bertz CT molecular complexity index is 822. The molecule has 0 amide bonds. The van der Waals surface area contributed by atoms with E-state index in [1.54, 1.807) is 33.5 Å². The Morgan fingerprint density at radius 3 is 1.81 bits per heavy atom. The molecule has 2 rings (SSSR count). The summed E-state index contributed by atoms with van der Waals surface area (Å²) in [6, 6.07) is 13.1. The molecule has 1 atom stereocenters. The Morgan fingerprint density at radius 2 is 1.38 bits per heavy atom. The molecular weight excluding hydrogens is 429 g/mol. The lowest BCUT2D eigenvalue weighted by molar-refractivity contribution is 0.194. The summed E-state index contributed by atoms with van der Waals surface area (Å²) in [5.41, 5.74) is 1.45. The Balaban J connectivity index is 2.57. The Labute approximate surface area is 191 Å². The van der Waals surface area contributed by atoms with E-state index < -0.39 is 13.4 Å². The van der Waals surface area contributed by atoms with Gasteiger partial charge in [-0.25, -0.2) is 0 Å². The lowest BCUT2D eigenvalue weighted by Crippen LogP contribution is -2.16. The standard InChI is InChI=1S/C24H36NO6P/c1-6-8-15-30-32(26,31-16-9-7-2)24(25-20-13-11-10-12-14-20)19-17-21(27-3)23(29-5)22(18-19)28-4/h10-14,17-18,24-25H,6-9,15-16H2,1-5H3/t24-/m0/s1. The van der Waals surface area contributed by atoms with E-state index in [0.717, 1.165) is 31.4 Å². The van der Waals surface area contributed by atoms with E-state index >= 15 is 0 Å². The van der Waals surface area contributed by atoms with Gasteiger partial charge < -0.3 is 28.6 Å². The molecule has 0 bridgehead atoms. The second kappa shape index (κ2) is 13.4. The van der Waals surface area contributed by atoms with Crippen molar-refractivity contribution in [2.75, 3.05) is 39.9 Å². The maximum absolute atomic E-state index is 14.2. The summed E-state index contributed by atoms with van der Waals surface area (Å²) >= 11 is 0. The van der Waals surface area contributed by atoms with Crippen molar-refractivity contribution in [3.63, 3.8) is 0 Å². The van der Waals surface area contributed by atoms with E-state index in [0.29, 0.717) is 36.0 Å². The largest absolute Gasteiger partial charge is 0.493 e. The van der Waals surface area contributed by atoms with Gasteiger partial charge in [0.15, 0.2) is 17.3 Å². The van der Waals surface area contributed by atoms with Crippen LogP contribution in [0.15, 0.2) is 42.5 Å². The number of anilines is 1. The molecule has 0 heterocycles. The van der Waals surface area contributed by atoms with Gasteiger partial charge in [0.2, 0.25) is 5.75 Å². The summed E-state index contributed by atoms with van der Waals surface area (Å²) in [5.74, 6) is 0.629. The fourth-order valence-electron chi connectivity index (χ4n) is 3.16. The fourth-order valence-corrected chi connectivity index (χ4v) is 5.12. The molecule has 2 aromatic rings. The molecule has 32 heavy (non-hydrogen) atoms. The van der Waals surface area contributed by atoms with Crippen LogP contribution in [0.3, 0.4) is 0 Å². The van der Waals surface area contributed by atoms with Crippen LogP contribution in [0.1, 0.15) is 50.9 Å². The second-order valence-electron chi connectivity index (χ2n) is 7.28. The third-order valence-electron chi connectivity index (χ3n) is 4.93. The molecule has 0 radical (unpaired) electrons. The van der Waals surface area contributed by atoms with Gasteiger partial charge in [-0.05, 0) is 42.7 Å². The van der Waals surface area contributed by atoms with Gasteiger partial charge in [-0.1, -0.05) is 44.9 Å². The summed E-state index contributed by atoms with van der Waals surface area (Å²) in [5, 5.41) is 3.36. The molecule has 178 valence electrons. The van der Waals surface area contributed by atoms with E-state index in [1.165, 1.54) is 0 Å². The van der Waals surface area contributed by atoms with Crippen LogP contribution >= 0.6 is 7.60 Å². The van der Waals surface area contributed by atoms with E-state index in [2.05, 4.69) is 19.2 Å². The number of unbranched alkanes of at least 4 members (excludes halogenated alkanes) is 2. The summed E-state index contributed by atoms with van der Waals surface area (Å²) in [6.07, 6.45) is 3.43. The predicted octanol–water partition coefficient (Wildman–Crippen LogP) is 6.65. The minimum absolute atomic E-state index is 0.345. The van der Waals surface area contributed by atoms with Crippen molar-refractivity contribution < 1.29 is 27.8 Å². The van der Waals surface area contributed by atoms with Gasteiger partial charge in [-0.2, -0.15) is 0 Å². The topological polar surface area (TPSA) is 75.3 Å². The molecule has 1 N–H and O–H groups in total. The summed E-state index contributed by atoms with van der Waals surface area (Å²) in [4.78, 5) is 0. The van der Waals surface area contributed by atoms with Crippen LogP contribution < -0.4 is 19.5 Å². The van der Waals surface area contributed by atoms with Crippen LogP contribution in [0.5, 0.6) is 17.2 Å². The van der Waals surface area contributed by atoms with Gasteiger partial charge in [-0.15, -0.1) is 0 Å². The van der Waals surface area contributed by atoms with Crippen LogP contribution in [0, 0.1) is 0 Å². The molecule has 0 unspecified atom stereocenters. The smallest absolute Gasteiger partial charge is 0.357 e. The van der Waals surface area contributed by atoms with Crippen LogP contribution in [0.2, 0.25) is 0 Å². The Kier molecular flexibility index (Phi) is 10.9. The first-order valence-electron chi connectivity index (χ1n) is 11.0. The predicted molar refractivity (Wildman–Crippen MR) is 128 cm³/mol. The van der Waals surface area contributed by atoms with Crippen molar-refractivity contribution in [3.8, 4) is 17.2 Å². The van der Waals surface area contributed by atoms with E-state index in [9.17, 15) is 4.57 Å². The molecule has 0 saturated heterocycles. The number of rotatable bonds is 15. The SMILES string of the molecule is CCCCOP(=O)(OCCCC)[C@H](Nc1ccccc1)c1cc(OC)c(OC)c(OC)c1. The number of benzene rings is 2. The summed E-state index contributed by atoms with van der Waals surface area (Å²) in [7, 11) is 1.03. The number of methoxy groups -OCH3 is 3. The Hall–Kier alpha value is -2.21. The average molecular weight is 466 g/mol. The molecular formula is C24H36NO6P. The quantitative estimate of drug-likeness (QED) is 0.233. The minimum Gasteiger partial charge on any atom is -0.493 e. The van der Waals surface area contributed by atoms with E-state index in [1.807, 2.05) is 30.3 Å². The van der Waals surface area contributed by atoms with Crippen molar-refractivity contribution in [1.82, 2.24) is 0 Å². The first kappa shape index (κ1) is 26.0. The zero-order valence-electron chi connectivity index (χ0n) is 19.8. The van der Waals surface area contributed by atoms with Gasteiger partial charge in [0.25, 0.3) is 0 Å². The first-order valence-corrected chi connectivity index (χ1v) is 12.6. The first-order chi connectivity index (χ1) is 15.5. The molecule has 0 saturated carbocycles. The van der Waals surface area contributed by atoms with E-state index in [4.69, 9.17) is 23.3 Å². The third kappa shape index (κ3) is 6.89.